The number of hydrogen-bond acceptors (Lipinski definition) is 31. The van der Waals surface area contributed by atoms with Crippen LogP contribution in [-0.2, 0) is 28.6 Å². The van der Waals surface area contributed by atoms with Crippen molar-refractivity contribution < 1.29 is 0 Å². The van der Waals surface area contributed by atoms with Gasteiger partial charge in [0.1, 0.15) is 0 Å². The molecule has 0 rings (SSSR count). The van der Waals surface area contributed by atoms with E-state index in [1.165, 1.54) is 9.83 Å². The lowest BCUT2D eigenvalue weighted by atomic mass is 12.0. The molecule has 0 heterocycles. The minimum Gasteiger partial charge on any atom is -0.0988 e. The molecule has 0 bridgehead atoms. The van der Waals surface area contributed by atoms with Gasteiger partial charge in [0.25, 0.3) is 0 Å². The first-order chi connectivity index (χ1) is 16.1. The van der Waals surface area contributed by atoms with Crippen molar-refractivity contribution in [2.75, 3.05) is 6.26 Å². The normalized spacial score (nSPS) is 11.9. The molecule has 32 heteroatoms. The molecule has 0 atom stereocenters. The summed E-state index contributed by atoms with van der Waals surface area (Å²) in [6.07, 6.45) is 0.668. The molecule has 0 radical (unpaired) electrons. The van der Waals surface area contributed by atoms with Gasteiger partial charge in [-0.1, -0.05) is 11.7 Å². The van der Waals surface area contributed by atoms with Crippen molar-refractivity contribution in [3.05, 3.63) is 0 Å². The Morgan fingerprint density at radius 3 is 0.727 bits per heavy atom. The topological polar surface area (TPSA) is 0 Å². The number of thiol groups is 1. The molecule has 0 N–H and O–H groups in total. The Kier molecular flexibility index (Phi) is 49.8. The van der Waals surface area contributed by atoms with Gasteiger partial charge in [-0.25, -0.2) is 0 Å². The first-order valence-electron chi connectivity index (χ1n) is 5.59. The van der Waals surface area contributed by atoms with Crippen molar-refractivity contribution in [3.63, 3.8) is 0 Å². The zero-order valence-corrected chi connectivity index (χ0v) is 40.3. The fraction of sp³-hybridized carbons (Fsp3) is 1.00. The van der Waals surface area contributed by atoms with Gasteiger partial charge in [0.05, 0.1) is 0 Å². The van der Waals surface area contributed by atoms with Crippen LogP contribution in [0.2, 0.25) is 0 Å². The highest BCUT2D eigenvalue weighted by Gasteiger charge is 2.02. The van der Waals surface area contributed by atoms with Gasteiger partial charge >= 0.3 is 0 Å². The van der Waals surface area contributed by atoms with Crippen molar-refractivity contribution in [1.82, 2.24) is 0 Å². The zero-order valence-electron chi connectivity index (χ0n) is 14.1. The van der Waals surface area contributed by atoms with Gasteiger partial charge in [-0.2, -0.15) is 0 Å². The maximum absolute atomic E-state index is 5.20. The van der Waals surface area contributed by atoms with E-state index < -0.39 is 6.18 Å². The zero-order chi connectivity index (χ0) is 24.3. The highest BCUT2D eigenvalue weighted by atomic mass is 34.1. The Morgan fingerprint density at radius 1 is 0.364 bits per heavy atom. The van der Waals surface area contributed by atoms with Crippen LogP contribution in [0.4, 0.5) is 0 Å². The van der Waals surface area contributed by atoms with Crippen molar-refractivity contribution in [2.45, 2.75) is 0 Å². The van der Waals surface area contributed by atoms with Gasteiger partial charge in [0.15, 0.2) is 0 Å². The first-order valence-corrected chi connectivity index (χ1v) is 47.9. The minimum absolute atomic E-state index is 1.29. The lowest BCUT2D eigenvalue weighted by Crippen LogP contribution is -1.75. The van der Waals surface area contributed by atoms with Gasteiger partial charge in [0.2, 0.25) is 0 Å². The van der Waals surface area contributed by atoms with E-state index in [0.29, 0.717) is 0 Å². The molecule has 0 aromatic carbocycles. The summed E-state index contributed by atoms with van der Waals surface area (Å²) in [6.45, 7) is 0. The summed E-state index contributed by atoms with van der Waals surface area (Å²) >= 11 is 14.5. The van der Waals surface area contributed by atoms with Crippen molar-refractivity contribution in [1.29, 1.82) is 0 Å². The average Bonchev–Trinajstić information content (AvgIpc) is 2.78. The van der Waals surface area contributed by atoms with E-state index in [9.17, 15) is 0 Å². The smallest absolute Gasteiger partial charge is 0.000468 e. The quantitative estimate of drug-likeness (QED) is 0.0449. The predicted octanol–water partition coefficient (Wildman–Crippen LogP) is 18.7. The Bertz CT molecular complexity index is 447. The van der Waals surface area contributed by atoms with E-state index in [1.807, 2.05) is 134 Å². The van der Waals surface area contributed by atoms with E-state index in [1.54, 1.807) is 138 Å². The Labute approximate surface area is 313 Å². The molecule has 0 saturated carbocycles. The predicted molar refractivity (Wildman–Crippen MR) is 250 cm³/mol. The van der Waals surface area contributed by atoms with Crippen molar-refractivity contribution in [2.24, 2.45) is 0 Å². The second-order valence-electron chi connectivity index (χ2n) is 2.62. The van der Waals surface area contributed by atoms with Crippen molar-refractivity contribution in [3.8, 4) is 0 Å². The molecule has 0 aromatic heterocycles. The van der Waals surface area contributed by atoms with Crippen LogP contribution in [0.5, 0.6) is 0 Å². The SMILES string of the molecule is CS(=S)(=S)SSSSSSSSSSSSSSSSSSSSSSSSSSSSS. The van der Waals surface area contributed by atoms with E-state index in [4.69, 9.17) is 22.4 Å². The fourth-order valence-electron chi connectivity index (χ4n) is 0.346. The fourth-order valence-corrected chi connectivity index (χ4v) is 79.7. The molecule has 0 unspecified atom stereocenters. The summed E-state index contributed by atoms with van der Waals surface area (Å²) in [6, 6.07) is 0. The van der Waals surface area contributed by atoms with Gasteiger partial charge in [-0.05, 0) is 186 Å². The molecule has 0 fully saturated rings. The molecule has 0 aliphatic rings. The lowest BCUT2D eigenvalue weighted by Gasteiger charge is -2.00. The van der Waals surface area contributed by atoms with Crippen LogP contribution < -0.4 is 0 Å². The van der Waals surface area contributed by atoms with Crippen LogP contribution in [-0.4, -0.2) is 6.26 Å². The van der Waals surface area contributed by atoms with Crippen LogP contribution in [0.1, 0.15) is 0 Å². The number of hydrogen-bond donors (Lipinski definition) is 1. The van der Waals surface area contributed by atoms with Gasteiger partial charge in [0, 0.05) is 124 Å². The summed E-state index contributed by atoms with van der Waals surface area (Å²) in [4.78, 5) is 0. The third-order valence-electron chi connectivity index (χ3n) is 0.876. The summed E-state index contributed by atoms with van der Waals surface area (Å²) < 4.78 is 0. The molecule has 0 amide bonds. The van der Waals surface area contributed by atoms with Crippen LogP contribution in [0.25, 0.3) is 0 Å². The summed E-state index contributed by atoms with van der Waals surface area (Å²) in [5.74, 6) is 0. The Balaban J connectivity index is 3.04. The molecular weight excluding hydrogens is 1040 g/mol. The molecule has 0 aliphatic carbocycles. The van der Waals surface area contributed by atoms with Gasteiger partial charge in [-0.3, -0.25) is 0 Å². The van der Waals surface area contributed by atoms with Crippen LogP contribution in [0, 0.1) is 0 Å². The highest BCUT2D eigenvalue weighted by Crippen LogP contribution is 2.66. The van der Waals surface area contributed by atoms with E-state index >= 15 is 0 Å². The third kappa shape index (κ3) is 42.9. The average molecular weight is 1040 g/mol. The maximum Gasteiger partial charge on any atom is 0.000468 e. The van der Waals surface area contributed by atoms with Gasteiger partial charge < -0.3 is 0 Å². The minimum atomic E-state index is -1.29. The molecule has 0 nitrogen and oxygen atoms in total. The highest BCUT2D eigenvalue weighted by molar-refractivity contribution is 9.60. The molecule has 0 saturated heterocycles. The molecule has 0 spiro atoms. The molecule has 200 valence electrons. The lowest BCUT2D eigenvalue weighted by molar-refractivity contribution is 2.53. The summed E-state index contributed by atoms with van der Waals surface area (Å²) in [7, 11) is 49.7. The summed E-state index contributed by atoms with van der Waals surface area (Å²) in [5.41, 5.74) is 0. The molecule has 33 heavy (non-hydrogen) atoms. The van der Waals surface area contributed by atoms with E-state index in [0.717, 1.165) is 0 Å². The standard InChI is InChI=1S/CH4S32/c1-33(3,4)32-31-30-29-28-27-26-25-24-23-22-21-20-19-18-17-16-15-14-13-12-11-10-9-8-7-6-5-2/h2H,1H3. The molecule has 0 aromatic rings. The van der Waals surface area contributed by atoms with Crippen LogP contribution in [0.15, 0.2) is 0 Å². The first kappa shape index (κ1) is 43.9. The van der Waals surface area contributed by atoms with Gasteiger partial charge in [-0.15, -0.1) is 0 Å². The van der Waals surface area contributed by atoms with E-state index in [-0.39, 0.29) is 0 Å². The van der Waals surface area contributed by atoms with E-state index in [2.05, 4.69) is 11.7 Å². The third-order valence-corrected chi connectivity index (χ3v) is 67.3. The second-order valence-corrected chi connectivity index (χ2v) is 61.6. The monoisotopic (exact) mass is 1040 g/mol. The van der Waals surface area contributed by atoms with Crippen LogP contribution in [0.3, 0.4) is 0 Å². The van der Waals surface area contributed by atoms with Crippen LogP contribution >= 0.6 is 287 Å². The second kappa shape index (κ2) is 37.4. The van der Waals surface area contributed by atoms with Crippen molar-refractivity contribution >= 4 is 315 Å². The summed E-state index contributed by atoms with van der Waals surface area (Å²) in [5, 5.41) is 0. The largest absolute Gasteiger partial charge is 0.0988 e. The maximum atomic E-state index is 5.20. The molecule has 0 aliphatic heterocycles. The molecular formula is CH4S32. The Morgan fingerprint density at radius 2 is 0.545 bits per heavy atom. The number of rotatable bonds is 28. The Hall–Kier alpha value is 10.9.